The molecule has 4 aliphatic heterocycles. The lowest BCUT2D eigenvalue weighted by molar-refractivity contribution is -0.141. The van der Waals surface area contributed by atoms with Crippen molar-refractivity contribution in [2.45, 2.75) is 50.4 Å². The molecule has 214 valence electrons. The number of unbranched alkanes of at least 4 members (excludes halogenated alkanes) is 1. The second kappa shape index (κ2) is 12.2. The van der Waals surface area contributed by atoms with E-state index in [0.717, 1.165) is 13.1 Å². The van der Waals surface area contributed by atoms with Gasteiger partial charge in [-0.2, -0.15) is 0 Å². The first-order valence-corrected chi connectivity index (χ1v) is 14.2. The van der Waals surface area contributed by atoms with Crippen LogP contribution in [0.1, 0.15) is 32.6 Å². The lowest BCUT2D eigenvalue weighted by Crippen LogP contribution is -2.56. The summed E-state index contributed by atoms with van der Waals surface area (Å²) in [4.78, 5) is 44.9. The van der Waals surface area contributed by atoms with Crippen molar-refractivity contribution in [3.63, 3.8) is 0 Å². The van der Waals surface area contributed by atoms with E-state index >= 15 is 0 Å². The van der Waals surface area contributed by atoms with Crippen LogP contribution in [-0.4, -0.2) is 110 Å². The summed E-state index contributed by atoms with van der Waals surface area (Å²) in [7, 11) is 0. The first-order chi connectivity index (χ1) is 19.0. The van der Waals surface area contributed by atoms with Gasteiger partial charge in [0.25, 0.3) is 0 Å². The van der Waals surface area contributed by atoms with Crippen molar-refractivity contribution in [3.8, 4) is 5.75 Å². The van der Waals surface area contributed by atoms with Crippen molar-refractivity contribution in [1.29, 1.82) is 0 Å². The average Bonchev–Trinajstić information content (AvgIpc) is 3.58. The predicted molar refractivity (Wildman–Crippen MR) is 142 cm³/mol. The molecule has 11 heteroatoms. The van der Waals surface area contributed by atoms with E-state index in [1.165, 1.54) is 0 Å². The van der Waals surface area contributed by atoms with E-state index in [4.69, 9.17) is 14.2 Å². The molecule has 2 unspecified atom stereocenters. The second-order valence-electron chi connectivity index (χ2n) is 10.7. The lowest BCUT2D eigenvalue weighted by Gasteiger charge is -2.34. The number of hydrogen-bond acceptors (Lipinski definition) is 8. The summed E-state index contributed by atoms with van der Waals surface area (Å²) >= 11 is 0. The number of benzene rings is 1. The normalized spacial score (nSPS) is 29.9. The van der Waals surface area contributed by atoms with Gasteiger partial charge in [0, 0.05) is 45.0 Å². The average molecular weight is 545 g/mol. The summed E-state index contributed by atoms with van der Waals surface area (Å²) in [6.07, 6.45) is 1.85. The third-order valence-electron chi connectivity index (χ3n) is 8.42. The van der Waals surface area contributed by atoms with Crippen molar-refractivity contribution < 1.29 is 33.7 Å². The van der Waals surface area contributed by atoms with Crippen LogP contribution in [0.15, 0.2) is 24.3 Å². The second-order valence-corrected chi connectivity index (χ2v) is 10.7. The number of nitrogens with one attached hydrogen (secondary N) is 2. The summed E-state index contributed by atoms with van der Waals surface area (Å²) in [5.41, 5.74) is -0.409. The highest BCUT2D eigenvalue weighted by Gasteiger charge is 2.74. The highest BCUT2D eigenvalue weighted by atomic mass is 16.5. The molecule has 5 atom stereocenters. The largest absolute Gasteiger partial charge is 0.494 e. The van der Waals surface area contributed by atoms with Gasteiger partial charge in [-0.3, -0.25) is 19.3 Å². The van der Waals surface area contributed by atoms with Crippen molar-refractivity contribution in [3.05, 3.63) is 24.3 Å². The van der Waals surface area contributed by atoms with Gasteiger partial charge < -0.3 is 34.9 Å². The van der Waals surface area contributed by atoms with Crippen LogP contribution in [0.25, 0.3) is 0 Å². The monoisotopic (exact) mass is 544 g/mol. The molecule has 11 nitrogen and oxygen atoms in total. The number of nitrogens with zero attached hydrogens (tertiary/aromatic N) is 2. The third kappa shape index (κ3) is 5.50. The fourth-order valence-electron chi connectivity index (χ4n) is 6.67. The minimum Gasteiger partial charge on any atom is -0.494 e. The number of rotatable bonds is 12. The molecule has 2 bridgehead atoms. The number of hydrogen-bond donors (Lipinski definition) is 3. The fourth-order valence-corrected chi connectivity index (χ4v) is 6.67. The molecule has 3 amide bonds. The molecular weight excluding hydrogens is 504 g/mol. The van der Waals surface area contributed by atoms with Crippen LogP contribution in [0.5, 0.6) is 5.75 Å². The Bertz CT molecular complexity index is 1030. The number of amides is 3. The van der Waals surface area contributed by atoms with E-state index in [2.05, 4.69) is 15.5 Å². The van der Waals surface area contributed by atoms with Gasteiger partial charge in [-0.1, -0.05) is 0 Å². The van der Waals surface area contributed by atoms with Gasteiger partial charge in [-0.05, 0) is 56.9 Å². The van der Waals surface area contributed by atoms with Crippen LogP contribution in [0.2, 0.25) is 0 Å². The van der Waals surface area contributed by atoms with Crippen molar-refractivity contribution >= 4 is 23.4 Å². The molecule has 1 aromatic rings. The van der Waals surface area contributed by atoms with Crippen LogP contribution >= 0.6 is 0 Å². The van der Waals surface area contributed by atoms with Crippen LogP contribution in [0.3, 0.4) is 0 Å². The number of aliphatic hydroxyl groups excluding tert-OH is 1. The van der Waals surface area contributed by atoms with Gasteiger partial charge in [0.05, 0.1) is 37.8 Å². The first-order valence-electron chi connectivity index (χ1n) is 14.2. The molecular formula is C28H40N4O7. The molecule has 0 aliphatic carbocycles. The molecule has 0 saturated carbocycles. The highest BCUT2D eigenvalue weighted by Crippen LogP contribution is 2.58. The molecule has 4 aliphatic rings. The molecule has 4 heterocycles. The lowest BCUT2D eigenvalue weighted by atomic mass is 9.70. The van der Waals surface area contributed by atoms with Crippen LogP contribution in [0, 0.1) is 11.8 Å². The number of morpholine rings is 1. The van der Waals surface area contributed by atoms with E-state index < -0.39 is 29.6 Å². The molecule has 0 aromatic heterocycles. The number of carbonyl (C=O) groups excluding carboxylic acids is 3. The minimum atomic E-state index is -1.02. The molecule has 4 fully saturated rings. The maximum absolute atomic E-state index is 13.9. The standard InChI is InChI=1S/C28H40N4O7/c1-2-38-20-7-5-19(6-8-20)30-25(34)22-21-9-10-28(39-21)23(22)27(36)32(12-3-4-16-33)24(28)26(35)29-11-13-31-14-17-37-18-15-31/h5-8,21-24,33H,2-4,9-18H2,1H3,(H,29,35)(H,30,34)/t21-,22+,23-,24?,28?/m0/s1. The molecule has 3 N–H and O–H groups in total. The molecule has 5 rings (SSSR count). The highest BCUT2D eigenvalue weighted by molar-refractivity contribution is 6.02. The number of ether oxygens (including phenoxy) is 3. The summed E-state index contributed by atoms with van der Waals surface area (Å²) < 4.78 is 17.3. The Morgan fingerprint density at radius 2 is 1.90 bits per heavy atom. The van der Waals surface area contributed by atoms with Gasteiger partial charge in [0.15, 0.2) is 0 Å². The van der Waals surface area contributed by atoms with Gasteiger partial charge in [-0.25, -0.2) is 0 Å². The Hall–Kier alpha value is -2.73. The Kier molecular flexibility index (Phi) is 8.70. The predicted octanol–water partition coefficient (Wildman–Crippen LogP) is 0.619. The zero-order chi connectivity index (χ0) is 27.4. The van der Waals surface area contributed by atoms with Crippen molar-refractivity contribution in [1.82, 2.24) is 15.1 Å². The Morgan fingerprint density at radius 1 is 1.13 bits per heavy atom. The maximum Gasteiger partial charge on any atom is 0.245 e. The Morgan fingerprint density at radius 3 is 2.62 bits per heavy atom. The van der Waals surface area contributed by atoms with E-state index in [9.17, 15) is 19.5 Å². The van der Waals surface area contributed by atoms with Gasteiger partial charge >= 0.3 is 0 Å². The van der Waals surface area contributed by atoms with Gasteiger partial charge in [0.2, 0.25) is 17.7 Å². The molecule has 1 spiro atoms. The summed E-state index contributed by atoms with van der Waals surface area (Å²) in [5.74, 6) is -1.41. The Labute approximate surface area is 229 Å². The topological polar surface area (TPSA) is 130 Å². The molecule has 1 aromatic carbocycles. The number of likely N-dealkylation sites (tertiary alicyclic amines) is 1. The van der Waals surface area contributed by atoms with E-state index in [1.54, 1.807) is 29.2 Å². The van der Waals surface area contributed by atoms with E-state index in [1.807, 2.05) is 6.92 Å². The minimum absolute atomic E-state index is 0.0126. The molecule has 4 saturated heterocycles. The van der Waals surface area contributed by atoms with Crippen molar-refractivity contribution in [2.75, 3.05) is 64.5 Å². The smallest absolute Gasteiger partial charge is 0.245 e. The summed E-state index contributed by atoms with van der Waals surface area (Å²) in [6.45, 7) is 6.99. The number of fused-ring (bicyclic) bond motifs is 1. The van der Waals surface area contributed by atoms with E-state index in [0.29, 0.717) is 76.6 Å². The molecule has 39 heavy (non-hydrogen) atoms. The Balaban J connectivity index is 1.31. The SMILES string of the molecule is CCOc1ccc(NC(=O)[C@@H]2[C@@H]3CCC4(O3)C(C(=O)NCCN3CCOCC3)N(CCCCO)C(=O)[C@H]24)cc1. The number of carbonyl (C=O) groups is 3. The first kappa shape index (κ1) is 27.8. The third-order valence-corrected chi connectivity index (χ3v) is 8.42. The maximum atomic E-state index is 13.9. The quantitative estimate of drug-likeness (QED) is 0.327. The van der Waals surface area contributed by atoms with Crippen LogP contribution in [-0.2, 0) is 23.9 Å². The van der Waals surface area contributed by atoms with Gasteiger partial charge in [0.1, 0.15) is 17.4 Å². The zero-order valence-electron chi connectivity index (χ0n) is 22.6. The fraction of sp³-hybridized carbons (Fsp3) is 0.679. The van der Waals surface area contributed by atoms with E-state index in [-0.39, 0.29) is 24.3 Å². The van der Waals surface area contributed by atoms with Crippen LogP contribution in [0.4, 0.5) is 5.69 Å². The zero-order valence-corrected chi connectivity index (χ0v) is 22.6. The molecule has 0 radical (unpaired) electrons. The summed E-state index contributed by atoms with van der Waals surface area (Å²) in [5, 5.41) is 15.3. The van der Waals surface area contributed by atoms with Crippen molar-refractivity contribution in [2.24, 2.45) is 11.8 Å². The number of anilines is 1. The van der Waals surface area contributed by atoms with Gasteiger partial charge in [-0.15, -0.1) is 0 Å². The van der Waals surface area contributed by atoms with Crippen LogP contribution < -0.4 is 15.4 Å². The summed E-state index contributed by atoms with van der Waals surface area (Å²) in [6, 6.07) is 6.33. The number of aliphatic hydroxyl groups is 1.